The molecule has 0 spiro atoms. The molecule has 0 unspecified atom stereocenters. The van der Waals surface area contributed by atoms with E-state index in [2.05, 4.69) is 5.32 Å². The van der Waals surface area contributed by atoms with Crippen LogP contribution in [0, 0.1) is 13.8 Å². The summed E-state index contributed by atoms with van der Waals surface area (Å²) in [6, 6.07) is 12.8. The van der Waals surface area contributed by atoms with Crippen LogP contribution in [0.2, 0.25) is 0 Å². The number of ether oxygens (including phenoxy) is 1. The van der Waals surface area contributed by atoms with E-state index in [-0.39, 0.29) is 25.3 Å². The Bertz CT molecular complexity index is 1070. The van der Waals surface area contributed by atoms with Gasteiger partial charge in [-0.15, -0.1) is 0 Å². The number of aliphatic hydroxyl groups is 1. The highest BCUT2D eigenvalue weighted by molar-refractivity contribution is 5.85. The van der Waals surface area contributed by atoms with Crippen LogP contribution in [-0.2, 0) is 11.2 Å². The third kappa shape index (κ3) is 4.49. The molecule has 29 heavy (non-hydrogen) atoms. The number of benzene rings is 2. The largest absolute Gasteiger partial charge is 0.496 e. The summed E-state index contributed by atoms with van der Waals surface area (Å²) in [6.45, 7) is 3.82. The van der Waals surface area contributed by atoms with E-state index < -0.39 is 11.7 Å². The third-order valence-corrected chi connectivity index (χ3v) is 5.15. The molecule has 152 valence electrons. The quantitative estimate of drug-likeness (QED) is 0.600. The van der Waals surface area contributed by atoms with Crippen molar-refractivity contribution in [2.24, 2.45) is 0 Å². The van der Waals surface area contributed by atoms with E-state index in [0.29, 0.717) is 16.9 Å². The van der Waals surface area contributed by atoms with Crippen molar-refractivity contribution in [3.8, 4) is 5.75 Å². The van der Waals surface area contributed by atoms with Crippen LogP contribution in [0.25, 0.3) is 11.0 Å². The Kier molecular flexibility index (Phi) is 6.34. The molecular weight excluding hydrogens is 370 g/mol. The van der Waals surface area contributed by atoms with E-state index in [9.17, 15) is 14.7 Å². The van der Waals surface area contributed by atoms with Crippen LogP contribution in [0.3, 0.4) is 0 Å². The van der Waals surface area contributed by atoms with E-state index >= 15 is 0 Å². The van der Waals surface area contributed by atoms with Crippen LogP contribution < -0.4 is 15.7 Å². The molecule has 6 nitrogen and oxygen atoms in total. The molecular formula is C23H25NO5. The molecule has 0 radical (unpaired) electrons. The Balaban J connectivity index is 1.69. The van der Waals surface area contributed by atoms with Crippen molar-refractivity contribution in [3.05, 3.63) is 75.1 Å². The molecule has 0 aliphatic carbocycles. The van der Waals surface area contributed by atoms with E-state index in [1.807, 2.05) is 44.2 Å². The van der Waals surface area contributed by atoms with Crippen LogP contribution in [0.1, 0.15) is 34.8 Å². The van der Waals surface area contributed by atoms with Gasteiger partial charge in [-0.1, -0.05) is 30.3 Å². The van der Waals surface area contributed by atoms with Crippen molar-refractivity contribution in [1.29, 1.82) is 0 Å². The van der Waals surface area contributed by atoms with Crippen LogP contribution in [-0.4, -0.2) is 24.7 Å². The second kappa shape index (κ2) is 8.92. The van der Waals surface area contributed by atoms with Gasteiger partial charge in [-0.3, -0.25) is 4.79 Å². The van der Waals surface area contributed by atoms with Gasteiger partial charge in [0.25, 0.3) is 0 Å². The van der Waals surface area contributed by atoms with Crippen LogP contribution in [0.5, 0.6) is 5.75 Å². The zero-order valence-corrected chi connectivity index (χ0v) is 16.8. The molecule has 0 aliphatic heterocycles. The topological polar surface area (TPSA) is 88.8 Å². The zero-order valence-electron chi connectivity index (χ0n) is 16.8. The lowest BCUT2D eigenvalue weighted by Gasteiger charge is -2.13. The van der Waals surface area contributed by atoms with Crippen LogP contribution >= 0.6 is 0 Å². The smallest absolute Gasteiger partial charge is 0.339 e. The number of methoxy groups -OCH3 is 1. The highest BCUT2D eigenvalue weighted by Gasteiger charge is 2.16. The van der Waals surface area contributed by atoms with Gasteiger partial charge in [-0.05, 0) is 43.5 Å². The highest BCUT2D eigenvalue weighted by Crippen LogP contribution is 2.29. The second-order valence-corrected chi connectivity index (χ2v) is 6.99. The monoisotopic (exact) mass is 395 g/mol. The number of rotatable bonds is 7. The summed E-state index contributed by atoms with van der Waals surface area (Å²) < 4.78 is 10.8. The summed E-state index contributed by atoms with van der Waals surface area (Å²) >= 11 is 0. The maximum Gasteiger partial charge on any atom is 0.339 e. The van der Waals surface area contributed by atoms with Crippen molar-refractivity contribution in [2.45, 2.75) is 32.8 Å². The molecule has 0 aliphatic rings. The first-order chi connectivity index (χ1) is 13.9. The van der Waals surface area contributed by atoms with Gasteiger partial charge in [0.05, 0.1) is 13.2 Å². The standard InChI is InChI=1S/C23H25NO5/c1-14-17-9-11-20(28-3)15(2)22(17)29-23(27)18(14)10-12-21(26)24-13-19(25)16-7-5-4-6-8-16/h4-9,11,19,25H,10,12-13H2,1-3H3,(H,24,26)/t19-/m0/s1. The summed E-state index contributed by atoms with van der Waals surface area (Å²) in [5.74, 6) is 0.425. The van der Waals surface area contributed by atoms with Gasteiger partial charge in [0.1, 0.15) is 11.3 Å². The lowest BCUT2D eigenvalue weighted by Crippen LogP contribution is -2.29. The zero-order chi connectivity index (χ0) is 21.0. The number of hydrogen-bond acceptors (Lipinski definition) is 5. The van der Waals surface area contributed by atoms with Gasteiger partial charge in [0.2, 0.25) is 5.91 Å². The molecule has 0 fully saturated rings. The predicted octanol–water partition coefficient (Wildman–Crippen LogP) is 3.20. The SMILES string of the molecule is COc1ccc2c(C)c(CCC(=O)NC[C@H](O)c3ccccc3)c(=O)oc2c1C. The summed E-state index contributed by atoms with van der Waals surface area (Å²) in [4.78, 5) is 24.7. The maximum absolute atomic E-state index is 12.5. The van der Waals surface area contributed by atoms with E-state index in [1.165, 1.54) is 0 Å². The van der Waals surface area contributed by atoms with Crippen molar-refractivity contribution in [3.63, 3.8) is 0 Å². The van der Waals surface area contributed by atoms with Gasteiger partial charge < -0.3 is 19.6 Å². The van der Waals surface area contributed by atoms with Gasteiger partial charge in [0, 0.05) is 29.5 Å². The average Bonchev–Trinajstić information content (AvgIpc) is 2.73. The maximum atomic E-state index is 12.5. The second-order valence-electron chi connectivity index (χ2n) is 6.99. The van der Waals surface area contributed by atoms with Crippen LogP contribution in [0.15, 0.2) is 51.7 Å². The van der Waals surface area contributed by atoms with Gasteiger partial charge >= 0.3 is 5.63 Å². The Labute approximate surface area is 169 Å². The Morgan fingerprint density at radius 1 is 1.14 bits per heavy atom. The molecule has 1 amide bonds. The number of aliphatic hydroxyl groups excluding tert-OH is 1. The fourth-order valence-corrected chi connectivity index (χ4v) is 3.41. The number of amides is 1. The number of hydrogen-bond donors (Lipinski definition) is 2. The van der Waals surface area contributed by atoms with Crippen molar-refractivity contribution >= 4 is 16.9 Å². The molecule has 1 heterocycles. The first kappa shape index (κ1) is 20.6. The molecule has 2 N–H and O–H groups in total. The molecule has 6 heteroatoms. The summed E-state index contributed by atoms with van der Waals surface area (Å²) in [7, 11) is 1.57. The minimum Gasteiger partial charge on any atom is -0.496 e. The van der Waals surface area contributed by atoms with Gasteiger partial charge in [-0.25, -0.2) is 4.79 Å². The molecule has 0 bridgehead atoms. The molecule has 1 aromatic heterocycles. The predicted molar refractivity (Wildman–Crippen MR) is 111 cm³/mol. The lowest BCUT2D eigenvalue weighted by molar-refractivity contribution is -0.121. The molecule has 1 atom stereocenters. The van der Waals surface area contributed by atoms with E-state index in [0.717, 1.165) is 22.1 Å². The highest BCUT2D eigenvalue weighted by atomic mass is 16.5. The number of carbonyl (C=O) groups is 1. The average molecular weight is 395 g/mol. The Hall–Kier alpha value is -3.12. The molecule has 3 aromatic rings. The first-order valence-electron chi connectivity index (χ1n) is 9.52. The van der Waals surface area contributed by atoms with Gasteiger partial charge in [0.15, 0.2) is 0 Å². The first-order valence-corrected chi connectivity index (χ1v) is 9.52. The minimum atomic E-state index is -0.773. The molecule has 0 saturated carbocycles. The summed E-state index contributed by atoms with van der Waals surface area (Å²) in [6.07, 6.45) is -0.374. The Morgan fingerprint density at radius 2 is 1.86 bits per heavy atom. The van der Waals surface area contributed by atoms with Crippen LogP contribution in [0.4, 0.5) is 0 Å². The Morgan fingerprint density at radius 3 is 2.55 bits per heavy atom. The van der Waals surface area contributed by atoms with Gasteiger partial charge in [-0.2, -0.15) is 0 Å². The fraction of sp³-hybridized carbons (Fsp3) is 0.304. The summed E-state index contributed by atoms with van der Waals surface area (Å²) in [5.41, 5.74) is 2.86. The normalized spacial score (nSPS) is 12.0. The third-order valence-electron chi connectivity index (χ3n) is 5.15. The summed E-state index contributed by atoms with van der Waals surface area (Å²) in [5, 5.41) is 13.7. The van der Waals surface area contributed by atoms with Crippen molar-refractivity contribution < 1.29 is 19.1 Å². The fourth-order valence-electron chi connectivity index (χ4n) is 3.41. The number of fused-ring (bicyclic) bond motifs is 1. The van der Waals surface area contributed by atoms with Crippen molar-refractivity contribution in [1.82, 2.24) is 5.32 Å². The number of aryl methyl sites for hydroxylation is 2. The molecule has 0 saturated heterocycles. The minimum absolute atomic E-state index is 0.118. The molecule has 2 aromatic carbocycles. The lowest BCUT2D eigenvalue weighted by atomic mass is 10.00. The van der Waals surface area contributed by atoms with E-state index in [1.54, 1.807) is 19.2 Å². The van der Waals surface area contributed by atoms with Crippen molar-refractivity contribution in [2.75, 3.05) is 13.7 Å². The number of carbonyl (C=O) groups excluding carboxylic acids is 1. The van der Waals surface area contributed by atoms with E-state index in [4.69, 9.17) is 9.15 Å². The number of nitrogens with one attached hydrogen (secondary N) is 1. The molecule has 3 rings (SSSR count).